The molecular formula is BI2N3. The number of rotatable bonds is 1. The van der Waals surface area contributed by atoms with E-state index in [-0.39, 0.29) is 2.56 Å². The maximum Gasteiger partial charge on any atom is 0.384 e. The highest BCUT2D eigenvalue weighted by Gasteiger charge is 1.93. The number of hydrogen-bond acceptors (Lipinski definition) is 1. The molecule has 0 atom stereocenters. The summed E-state index contributed by atoms with van der Waals surface area (Å²) in [4.78, 5) is 2.55. The molecule has 0 aliphatic heterocycles. The highest BCUT2D eigenvalue weighted by Crippen LogP contribution is 2.03. The summed E-state index contributed by atoms with van der Waals surface area (Å²) in [6.07, 6.45) is 0. The van der Waals surface area contributed by atoms with Gasteiger partial charge >= 0.3 is 2.56 Å². The summed E-state index contributed by atoms with van der Waals surface area (Å²) < 4.78 is 0.0465. The summed E-state index contributed by atoms with van der Waals surface area (Å²) in [6, 6.07) is 0. The maximum atomic E-state index is 7.69. The van der Waals surface area contributed by atoms with E-state index in [1.165, 1.54) is 0 Å². The van der Waals surface area contributed by atoms with Gasteiger partial charge in [0.15, 0.2) is 0 Å². The van der Waals surface area contributed by atoms with Gasteiger partial charge in [0.05, 0.1) is 0 Å². The van der Waals surface area contributed by atoms with Crippen molar-refractivity contribution >= 4 is 47.3 Å². The molecular weight excluding hydrogens is 307 g/mol. The molecule has 0 fully saturated rings. The van der Waals surface area contributed by atoms with Crippen molar-refractivity contribution in [1.82, 2.24) is 0 Å². The molecule has 32 valence electrons. The molecule has 0 bridgehead atoms. The van der Waals surface area contributed by atoms with Crippen LogP contribution in [0.2, 0.25) is 0 Å². The molecule has 0 heterocycles. The van der Waals surface area contributed by atoms with Crippen LogP contribution in [0.25, 0.3) is 10.4 Å². The van der Waals surface area contributed by atoms with E-state index in [0.29, 0.717) is 0 Å². The third kappa shape index (κ3) is 4.83. The average Bonchev–Trinajstić information content (AvgIpc) is 1.35. The van der Waals surface area contributed by atoms with Crippen LogP contribution in [0.3, 0.4) is 0 Å². The van der Waals surface area contributed by atoms with Crippen molar-refractivity contribution < 1.29 is 0 Å². The summed E-state index contributed by atoms with van der Waals surface area (Å²) in [5.74, 6) is 0. The van der Waals surface area contributed by atoms with Crippen LogP contribution in [0.15, 0.2) is 5.03 Å². The minimum absolute atomic E-state index is 0.0465. The lowest BCUT2D eigenvalue weighted by molar-refractivity contribution is 1.77. The van der Waals surface area contributed by atoms with Crippen molar-refractivity contribution in [3.8, 4) is 0 Å². The molecule has 0 aliphatic rings. The Kier molecular flexibility index (Phi) is 4.56. The zero-order valence-electron chi connectivity index (χ0n) is 2.67. The highest BCUT2D eigenvalue weighted by molar-refractivity contribution is 14.3. The third-order valence-corrected chi connectivity index (χ3v) is 0.637. The quantitative estimate of drug-likeness (QED) is 0.234. The van der Waals surface area contributed by atoms with Gasteiger partial charge in [-0.2, -0.15) is 0 Å². The van der Waals surface area contributed by atoms with E-state index in [9.17, 15) is 0 Å². The normalized spacial score (nSPS) is 6.33. The first kappa shape index (κ1) is 6.83. The SMILES string of the molecule is [N-]=[N+]=NB(I)I. The number of hydrogen-bond donors (Lipinski definition) is 0. The van der Waals surface area contributed by atoms with Crippen LogP contribution in [-0.2, 0) is 0 Å². The standard InChI is InChI=1S/BI2N3/c2-1(3)5-6-4. The maximum absolute atomic E-state index is 7.69. The fourth-order valence-electron chi connectivity index (χ4n) is 0.0390. The second-order valence-corrected chi connectivity index (χ2v) is 5.23. The smallest absolute Gasteiger partial charge is 0.127 e. The van der Waals surface area contributed by atoms with Crippen LogP contribution in [0.4, 0.5) is 0 Å². The Balaban J connectivity index is 3.29. The average molecular weight is 307 g/mol. The molecule has 3 nitrogen and oxygen atoms in total. The molecule has 0 aliphatic carbocycles. The second-order valence-electron chi connectivity index (χ2n) is 0.483. The molecule has 0 radical (unpaired) electrons. The fraction of sp³-hybridized carbons (Fsp3) is 0. The Morgan fingerprint density at radius 1 is 1.67 bits per heavy atom. The lowest BCUT2D eigenvalue weighted by Gasteiger charge is -1.70. The molecule has 0 spiro atoms. The van der Waals surface area contributed by atoms with E-state index in [0.717, 1.165) is 0 Å². The Morgan fingerprint density at radius 2 is 2.17 bits per heavy atom. The molecule has 0 aromatic heterocycles. The van der Waals surface area contributed by atoms with Crippen molar-refractivity contribution in [2.45, 2.75) is 0 Å². The summed E-state index contributed by atoms with van der Waals surface area (Å²) in [5.41, 5.74) is 7.69. The van der Waals surface area contributed by atoms with Gasteiger partial charge in [-0.05, 0) is 10.4 Å². The first-order valence-corrected chi connectivity index (χ1v) is 3.59. The minimum atomic E-state index is 0.0465. The van der Waals surface area contributed by atoms with Gasteiger partial charge in [-0.1, -0.05) is 0 Å². The second kappa shape index (κ2) is 4.01. The number of halogens is 2. The zero-order chi connectivity index (χ0) is 4.99. The topological polar surface area (TPSA) is 48.8 Å². The molecule has 0 saturated heterocycles. The fourth-order valence-corrected chi connectivity index (χ4v) is 0.262. The first-order chi connectivity index (χ1) is 2.77. The molecule has 0 amide bonds. The predicted octanol–water partition coefficient (Wildman–Crippen LogP) is 2.15. The molecule has 0 aromatic rings. The molecule has 0 saturated carbocycles. The van der Waals surface area contributed by atoms with Crippen molar-refractivity contribution in [3.63, 3.8) is 0 Å². The van der Waals surface area contributed by atoms with E-state index in [2.05, 4.69) is 9.94 Å². The van der Waals surface area contributed by atoms with Gasteiger partial charge in [0.1, 0.15) is 0 Å². The molecule has 6 heteroatoms. The lowest BCUT2D eigenvalue weighted by atomic mass is 10.5. The number of nitrogens with zero attached hydrogens (tertiary/aromatic N) is 3. The van der Waals surface area contributed by atoms with E-state index in [1.54, 1.807) is 0 Å². The van der Waals surface area contributed by atoms with E-state index in [1.807, 2.05) is 44.7 Å². The molecule has 0 N–H and O–H groups in total. The number of azide groups is 1. The molecule has 6 heavy (non-hydrogen) atoms. The van der Waals surface area contributed by atoms with Gasteiger partial charge in [0, 0.05) is 0 Å². The first-order valence-electron chi connectivity index (χ1n) is 1.09. The van der Waals surface area contributed by atoms with Crippen LogP contribution in [-0.4, -0.2) is 2.56 Å². The monoisotopic (exact) mass is 307 g/mol. The van der Waals surface area contributed by atoms with Crippen molar-refractivity contribution in [2.24, 2.45) is 5.03 Å². The largest absolute Gasteiger partial charge is 0.384 e. The van der Waals surface area contributed by atoms with Gasteiger partial charge in [-0.15, -0.1) is 49.8 Å². The van der Waals surface area contributed by atoms with Crippen molar-refractivity contribution in [2.75, 3.05) is 0 Å². The zero-order valence-corrected chi connectivity index (χ0v) is 6.99. The summed E-state index contributed by atoms with van der Waals surface area (Å²) in [7, 11) is 0. The van der Waals surface area contributed by atoms with E-state index >= 15 is 0 Å². The van der Waals surface area contributed by atoms with E-state index < -0.39 is 0 Å². The van der Waals surface area contributed by atoms with Crippen LogP contribution in [0.1, 0.15) is 0 Å². The lowest BCUT2D eigenvalue weighted by Crippen LogP contribution is -1.75. The summed E-state index contributed by atoms with van der Waals surface area (Å²) in [6.45, 7) is 0. The minimum Gasteiger partial charge on any atom is -0.127 e. The van der Waals surface area contributed by atoms with E-state index in [4.69, 9.17) is 5.53 Å². The van der Waals surface area contributed by atoms with Gasteiger partial charge in [0.25, 0.3) is 0 Å². The highest BCUT2D eigenvalue weighted by atomic mass is 127. The Labute approximate surface area is 62.3 Å². The third-order valence-electron chi connectivity index (χ3n) is 0.139. The predicted molar refractivity (Wildman–Crippen MR) is 42.9 cm³/mol. The van der Waals surface area contributed by atoms with Crippen LogP contribution in [0.5, 0.6) is 0 Å². The Hall–Kier alpha value is 0.835. The van der Waals surface area contributed by atoms with Crippen molar-refractivity contribution in [3.05, 3.63) is 10.4 Å². The van der Waals surface area contributed by atoms with Gasteiger partial charge in [0.2, 0.25) is 0 Å². The Bertz CT molecular complexity index is 72.9. The van der Waals surface area contributed by atoms with Gasteiger partial charge in [-0.3, -0.25) is 0 Å². The molecule has 0 aromatic carbocycles. The van der Waals surface area contributed by atoms with Crippen LogP contribution >= 0.6 is 44.7 Å². The molecule has 0 unspecified atom stereocenters. The van der Waals surface area contributed by atoms with Crippen molar-refractivity contribution in [1.29, 1.82) is 0 Å². The Morgan fingerprint density at radius 3 is 2.17 bits per heavy atom. The van der Waals surface area contributed by atoms with Gasteiger partial charge < -0.3 is 0 Å². The molecule has 0 rings (SSSR count). The van der Waals surface area contributed by atoms with Gasteiger partial charge in [-0.25, -0.2) is 0 Å². The summed E-state index contributed by atoms with van der Waals surface area (Å²) in [5, 5.41) is 3.28. The summed E-state index contributed by atoms with van der Waals surface area (Å²) >= 11 is 4.02. The van der Waals surface area contributed by atoms with Crippen LogP contribution in [0, 0.1) is 0 Å². The van der Waals surface area contributed by atoms with Crippen LogP contribution < -0.4 is 0 Å².